The summed E-state index contributed by atoms with van der Waals surface area (Å²) in [5, 5.41) is 11.2. The first-order valence-corrected chi connectivity index (χ1v) is 9.12. The second-order valence-electron chi connectivity index (χ2n) is 9.04. The predicted octanol–water partition coefficient (Wildman–Crippen LogP) is 3.72. The minimum absolute atomic E-state index is 0.0740. The van der Waals surface area contributed by atoms with E-state index in [1.165, 1.54) is 0 Å². The normalized spacial score (nSPS) is 51.8. The van der Waals surface area contributed by atoms with Gasteiger partial charge in [0.15, 0.2) is 5.78 Å². The molecule has 3 heteroatoms. The zero-order valence-electron chi connectivity index (χ0n) is 15.4. The number of ketones is 2. The standard InChI is InChI=1S/C21H30O3/c1-7-19(5)11-15(22)20(6)13(3)8-9-21(14(4)18(19)24)10-12(2)16(23)17(20)21/h7,13-15,17,22H,1-2,8-11H2,3-6H3/t13-,14+,15-,17+,19-,20+,21+/m1/s1. The zero-order valence-corrected chi connectivity index (χ0v) is 15.4. The Labute approximate surface area is 145 Å². The molecule has 0 spiro atoms. The predicted molar refractivity (Wildman–Crippen MR) is 94.3 cm³/mol. The smallest absolute Gasteiger partial charge is 0.162 e. The van der Waals surface area contributed by atoms with Crippen LogP contribution in [0.25, 0.3) is 0 Å². The van der Waals surface area contributed by atoms with Crippen LogP contribution in [0.3, 0.4) is 0 Å². The van der Waals surface area contributed by atoms with Gasteiger partial charge in [-0.25, -0.2) is 0 Å². The molecule has 132 valence electrons. The summed E-state index contributed by atoms with van der Waals surface area (Å²) >= 11 is 0. The van der Waals surface area contributed by atoms with Gasteiger partial charge in [0.25, 0.3) is 0 Å². The number of Topliss-reactive ketones (excluding diaryl/α,β-unsaturated/α-hetero) is 2. The van der Waals surface area contributed by atoms with Gasteiger partial charge in [-0.1, -0.05) is 33.4 Å². The molecule has 7 atom stereocenters. The van der Waals surface area contributed by atoms with E-state index in [4.69, 9.17) is 0 Å². The van der Waals surface area contributed by atoms with Crippen LogP contribution in [0.5, 0.6) is 0 Å². The van der Waals surface area contributed by atoms with Crippen LogP contribution in [0.4, 0.5) is 0 Å². The highest BCUT2D eigenvalue weighted by atomic mass is 16.3. The Morgan fingerprint density at radius 1 is 1.25 bits per heavy atom. The molecule has 3 aliphatic rings. The Hall–Kier alpha value is -1.22. The molecule has 3 aliphatic carbocycles. The molecule has 0 aromatic rings. The van der Waals surface area contributed by atoms with Gasteiger partial charge in [-0.3, -0.25) is 9.59 Å². The van der Waals surface area contributed by atoms with Crippen molar-refractivity contribution in [1.82, 2.24) is 0 Å². The molecule has 0 amide bonds. The van der Waals surface area contributed by atoms with Gasteiger partial charge in [0.05, 0.1) is 6.10 Å². The van der Waals surface area contributed by atoms with Crippen molar-refractivity contribution in [2.24, 2.45) is 34.0 Å². The Bertz CT molecular complexity index is 635. The molecular formula is C21H30O3. The van der Waals surface area contributed by atoms with Crippen LogP contribution in [0, 0.1) is 34.0 Å². The third kappa shape index (κ3) is 1.88. The summed E-state index contributed by atoms with van der Waals surface area (Å²) in [5.41, 5.74) is -1.02. The maximum Gasteiger partial charge on any atom is 0.162 e. The molecule has 0 unspecified atom stereocenters. The molecule has 24 heavy (non-hydrogen) atoms. The van der Waals surface area contributed by atoms with Gasteiger partial charge in [0.2, 0.25) is 0 Å². The van der Waals surface area contributed by atoms with Gasteiger partial charge in [0, 0.05) is 22.7 Å². The number of rotatable bonds is 1. The third-order valence-electron chi connectivity index (χ3n) is 8.06. The lowest BCUT2D eigenvalue weighted by Gasteiger charge is -2.59. The van der Waals surface area contributed by atoms with Gasteiger partial charge >= 0.3 is 0 Å². The Morgan fingerprint density at radius 2 is 1.88 bits per heavy atom. The van der Waals surface area contributed by atoms with E-state index < -0.39 is 22.3 Å². The summed E-state index contributed by atoms with van der Waals surface area (Å²) in [6, 6.07) is 0. The Morgan fingerprint density at radius 3 is 2.46 bits per heavy atom. The lowest BCUT2D eigenvalue weighted by Crippen LogP contribution is -2.61. The van der Waals surface area contributed by atoms with E-state index in [1.54, 1.807) is 6.08 Å². The number of carbonyl (C=O) groups excluding carboxylic acids is 2. The molecule has 1 N–H and O–H groups in total. The van der Waals surface area contributed by atoms with Crippen molar-refractivity contribution in [3.8, 4) is 0 Å². The first-order chi connectivity index (χ1) is 11.0. The van der Waals surface area contributed by atoms with E-state index in [0.29, 0.717) is 18.4 Å². The van der Waals surface area contributed by atoms with Crippen LogP contribution < -0.4 is 0 Å². The molecule has 3 rings (SSSR count). The summed E-state index contributed by atoms with van der Waals surface area (Å²) < 4.78 is 0. The summed E-state index contributed by atoms with van der Waals surface area (Å²) in [6.45, 7) is 16.0. The second-order valence-corrected chi connectivity index (χ2v) is 9.04. The monoisotopic (exact) mass is 330 g/mol. The number of aliphatic hydroxyl groups is 1. The fourth-order valence-corrected chi connectivity index (χ4v) is 6.07. The van der Waals surface area contributed by atoms with E-state index in [9.17, 15) is 14.7 Å². The molecule has 3 saturated carbocycles. The first-order valence-electron chi connectivity index (χ1n) is 9.12. The number of aliphatic hydroxyl groups excluding tert-OH is 1. The van der Waals surface area contributed by atoms with Crippen LogP contribution in [0.15, 0.2) is 24.8 Å². The van der Waals surface area contributed by atoms with Crippen molar-refractivity contribution in [1.29, 1.82) is 0 Å². The highest BCUT2D eigenvalue weighted by Crippen LogP contribution is 2.67. The maximum atomic E-state index is 13.3. The molecule has 2 bridgehead atoms. The summed E-state index contributed by atoms with van der Waals surface area (Å²) in [5.74, 6) is -0.113. The van der Waals surface area contributed by atoms with Crippen molar-refractivity contribution in [2.75, 3.05) is 0 Å². The van der Waals surface area contributed by atoms with E-state index >= 15 is 0 Å². The third-order valence-corrected chi connectivity index (χ3v) is 8.06. The van der Waals surface area contributed by atoms with Crippen LogP contribution in [-0.2, 0) is 9.59 Å². The summed E-state index contributed by atoms with van der Waals surface area (Å²) in [7, 11) is 0. The maximum absolute atomic E-state index is 13.3. The molecular weight excluding hydrogens is 300 g/mol. The van der Waals surface area contributed by atoms with E-state index in [-0.39, 0.29) is 29.3 Å². The second kappa shape index (κ2) is 5.14. The van der Waals surface area contributed by atoms with Crippen LogP contribution in [0.2, 0.25) is 0 Å². The van der Waals surface area contributed by atoms with E-state index in [2.05, 4.69) is 27.0 Å². The van der Waals surface area contributed by atoms with E-state index in [0.717, 1.165) is 12.8 Å². The van der Waals surface area contributed by atoms with Crippen molar-refractivity contribution in [3.05, 3.63) is 24.8 Å². The largest absolute Gasteiger partial charge is 0.392 e. The molecule has 0 aromatic heterocycles. The fourth-order valence-electron chi connectivity index (χ4n) is 6.07. The van der Waals surface area contributed by atoms with Crippen LogP contribution in [0.1, 0.15) is 53.4 Å². The summed E-state index contributed by atoms with van der Waals surface area (Å²) in [6.07, 6.45) is 3.71. The quantitative estimate of drug-likeness (QED) is 0.589. The van der Waals surface area contributed by atoms with Crippen molar-refractivity contribution in [2.45, 2.75) is 59.5 Å². The SMILES string of the molecule is C=C[C@]1(C)C[C@@H](O)[C@]2(C)[C@H](C)CC[C@]3(CC(=C)C(=O)[C@H]32)[C@@H](C)C1=O. The van der Waals surface area contributed by atoms with Crippen molar-refractivity contribution < 1.29 is 14.7 Å². The molecule has 3 fully saturated rings. The van der Waals surface area contributed by atoms with Crippen molar-refractivity contribution >= 4 is 11.6 Å². The number of allylic oxidation sites excluding steroid dienone is 2. The Balaban J connectivity index is 2.27. The highest BCUT2D eigenvalue weighted by molar-refractivity contribution is 6.02. The molecule has 0 aromatic carbocycles. The molecule has 0 radical (unpaired) electrons. The van der Waals surface area contributed by atoms with Crippen molar-refractivity contribution in [3.63, 3.8) is 0 Å². The van der Waals surface area contributed by atoms with Gasteiger partial charge in [-0.2, -0.15) is 0 Å². The van der Waals surface area contributed by atoms with Gasteiger partial charge < -0.3 is 5.11 Å². The average molecular weight is 330 g/mol. The topological polar surface area (TPSA) is 54.4 Å². The molecule has 0 saturated heterocycles. The highest BCUT2D eigenvalue weighted by Gasteiger charge is 2.68. The molecule has 0 heterocycles. The number of carbonyl (C=O) groups is 2. The molecule has 0 aliphatic heterocycles. The Kier molecular flexibility index (Phi) is 3.77. The minimum Gasteiger partial charge on any atom is -0.392 e. The fraction of sp³-hybridized carbons (Fsp3) is 0.714. The van der Waals surface area contributed by atoms with E-state index in [1.807, 2.05) is 13.8 Å². The summed E-state index contributed by atoms with van der Waals surface area (Å²) in [4.78, 5) is 26.4. The van der Waals surface area contributed by atoms with Crippen LogP contribution >= 0.6 is 0 Å². The lowest BCUT2D eigenvalue weighted by molar-refractivity contribution is -0.175. The van der Waals surface area contributed by atoms with Gasteiger partial charge in [0.1, 0.15) is 5.78 Å². The van der Waals surface area contributed by atoms with Gasteiger partial charge in [-0.15, -0.1) is 6.58 Å². The minimum atomic E-state index is -0.748. The lowest BCUT2D eigenvalue weighted by atomic mass is 9.44. The van der Waals surface area contributed by atoms with Crippen LogP contribution in [-0.4, -0.2) is 22.8 Å². The number of hydrogen-bond acceptors (Lipinski definition) is 3. The zero-order chi connectivity index (χ0) is 18.1. The van der Waals surface area contributed by atoms with Gasteiger partial charge in [-0.05, 0) is 49.5 Å². The average Bonchev–Trinajstić information content (AvgIpc) is 2.81. The first kappa shape index (κ1) is 17.6. The number of hydrogen-bond donors (Lipinski definition) is 1. The molecule has 3 nitrogen and oxygen atoms in total.